The third kappa shape index (κ3) is 2.80. The van der Waals surface area contributed by atoms with E-state index in [2.05, 4.69) is 48.6 Å². The van der Waals surface area contributed by atoms with Gasteiger partial charge in [0.15, 0.2) is 0 Å². The summed E-state index contributed by atoms with van der Waals surface area (Å²) >= 11 is 0. The molecule has 2 aromatic rings. The molecule has 21 heavy (non-hydrogen) atoms. The van der Waals surface area contributed by atoms with Crippen LogP contribution in [0, 0.1) is 0 Å². The standard InChI is InChI=1S/C18H22N2O/c1-12(13-6-5-7-14(10-13)21-2)20-18-11-17(19)15-8-3-4-9-16(15)18/h3-10,12,17-18,20H,11,19H2,1-2H3/t12-,17?,18?/m0/s1. The quantitative estimate of drug-likeness (QED) is 0.902. The summed E-state index contributed by atoms with van der Waals surface area (Å²) in [4.78, 5) is 0. The minimum absolute atomic E-state index is 0.135. The monoisotopic (exact) mass is 282 g/mol. The number of rotatable bonds is 4. The molecule has 0 fully saturated rings. The molecule has 3 rings (SSSR count). The molecule has 2 unspecified atom stereocenters. The highest BCUT2D eigenvalue weighted by molar-refractivity contribution is 5.38. The smallest absolute Gasteiger partial charge is 0.119 e. The molecule has 0 aliphatic heterocycles. The Hall–Kier alpha value is -1.84. The lowest BCUT2D eigenvalue weighted by Crippen LogP contribution is -2.23. The maximum atomic E-state index is 6.24. The van der Waals surface area contributed by atoms with Crippen LogP contribution in [0.5, 0.6) is 5.75 Å². The summed E-state index contributed by atoms with van der Waals surface area (Å²) in [5.41, 5.74) is 10.1. The number of hydrogen-bond acceptors (Lipinski definition) is 3. The molecule has 3 nitrogen and oxygen atoms in total. The van der Waals surface area contributed by atoms with Gasteiger partial charge in [-0.2, -0.15) is 0 Å². The van der Waals surface area contributed by atoms with E-state index in [4.69, 9.17) is 10.5 Å². The van der Waals surface area contributed by atoms with E-state index in [1.807, 2.05) is 12.1 Å². The number of fused-ring (bicyclic) bond motifs is 1. The van der Waals surface area contributed by atoms with Crippen LogP contribution in [-0.4, -0.2) is 7.11 Å². The summed E-state index contributed by atoms with van der Waals surface area (Å²) in [6.45, 7) is 2.18. The molecule has 2 aromatic carbocycles. The van der Waals surface area contributed by atoms with E-state index >= 15 is 0 Å². The van der Waals surface area contributed by atoms with Crippen LogP contribution in [0.25, 0.3) is 0 Å². The first kappa shape index (κ1) is 14.1. The van der Waals surface area contributed by atoms with Gasteiger partial charge in [0.25, 0.3) is 0 Å². The molecule has 3 N–H and O–H groups in total. The minimum atomic E-state index is 0.135. The van der Waals surface area contributed by atoms with Crippen molar-refractivity contribution in [2.24, 2.45) is 5.73 Å². The van der Waals surface area contributed by atoms with E-state index in [0.29, 0.717) is 6.04 Å². The summed E-state index contributed by atoms with van der Waals surface area (Å²) in [5.74, 6) is 0.893. The van der Waals surface area contributed by atoms with Crippen LogP contribution in [0.4, 0.5) is 0 Å². The van der Waals surface area contributed by atoms with Crippen molar-refractivity contribution in [2.75, 3.05) is 7.11 Å². The molecular formula is C18H22N2O. The van der Waals surface area contributed by atoms with Gasteiger partial charge in [0.05, 0.1) is 7.11 Å². The minimum Gasteiger partial charge on any atom is -0.497 e. The lowest BCUT2D eigenvalue weighted by molar-refractivity contribution is 0.410. The molecule has 0 aromatic heterocycles. The van der Waals surface area contributed by atoms with Gasteiger partial charge < -0.3 is 15.8 Å². The Morgan fingerprint density at radius 1 is 1.14 bits per heavy atom. The van der Waals surface area contributed by atoms with Crippen molar-refractivity contribution >= 4 is 0 Å². The van der Waals surface area contributed by atoms with E-state index < -0.39 is 0 Å². The normalized spacial score (nSPS) is 21.9. The lowest BCUT2D eigenvalue weighted by Gasteiger charge is -2.21. The van der Waals surface area contributed by atoms with Gasteiger partial charge in [0.1, 0.15) is 5.75 Å². The van der Waals surface area contributed by atoms with Crippen LogP contribution in [-0.2, 0) is 0 Å². The molecule has 1 aliphatic carbocycles. The Bertz CT molecular complexity index is 626. The SMILES string of the molecule is COc1cccc([C@H](C)NC2CC(N)c3ccccc32)c1. The molecule has 110 valence electrons. The van der Waals surface area contributed by atoms with Crippen molar-refractivity contribution in [3.8, 4) is 5.75 Å². The zero-order valence-corrected chi connectivity index (χ0v) is 12.5. The summed E-state index contributed by atoms with van der Waals surface area (Å²) in [6.07, 6.45) is 0.952. The molecule has 0 heterocycles. The fourth-order valence-electron chi connectivity index (χ4n) is 3.14. The highest BCUT2D eigenvalue weighted by Crippen LogP contribution is 2.38. The third-order valence-electron chi connectivity index (χ3n) is 4.31. The Morgan fingerprint density at radius 2 is 1.90 bits per heavy atom. The van der Waals surface area contributed by atoms with Gasteiger partial charge in [-0.1, -0.05) is 36.4 Å². The van der Waals surface area contributed by atoms with Gasteiger partial charge in [0.2, 0.25) is 0 Å². The Balaban J connectivity index is 1.78. The number of hydrogen-bond donors (Lipinski definition) is 2. The third-order valence-corrected chi connectivity index (χ3v) is 4.31. The zero-order chi connectivity index (χ0) is 14.8. The van der Waals surface area contributed by atoms with Gasteiger partial charge in [-0.3, -0.25) is 0 Å². The van der Waals surface area contributed by atoms with Gasteiger partial charge in [-0.25, -0.2) is 0 Å². The highest BCUT2D eigenvalue weighted by atomic mass is 16.5. The van der Waals surface area contributed by atoms with E-state index in [9.17, 15) is 0 Å². The Morgan fingerprint density at radius 3 is 2.67 bits per heavy atom. The van der Waals surface area contributed by atoms with Gasteiger partial charge in [-0.05, 0) is 42.2 Å². The van der Waals surface area contributed by atoms with Crippen molar-refractivity contribution < 1.29 is 4.74 Å². The Labute approximate surface area is 126 Å². The fraction of sp³-hybridized carbons (Fsp3) is 0.333. The first-order chi connectivity index (χ1) is 10.2. The molecule has 1 aliphatic rings. The summed E-state index contributed by atoms with van der Waals surface area (Å²) in [6, 6.07) is 17.4. The molecule has 0 bridgehead atoms. The van der Waals surface area contributed by atoms with Crippen molar-refractivity contribution in [1.82, 2.24) is 5.32 Å². The molecule has 0 saturated heterocycles. The van der Waals surface area contributed by atoms with Gasteiger partial charge in [0, 0.05) is 18.1 Å². The zero-order valence-electron chi connectivity index (χ0n) is 12.5. The number of benzene rings is 2. The van der Waals surface area contributed by atoms with E-state index in [1.54, 1.807) is 7.11 Å². The maximum absolute atomic E-state index is 6.24. The summed E-state index contributed by atoms with van der Waals surface area (Å²) in [7, 11) is 1.70. The second-order valence-electron chi connectivity index (χ2n) is 5.69. The molecule has 0 saturated carbocycles. The fourth-order valence-corrected chi connectivity index (χ4v) is 3.14. The predicted octanol–water partition coefficient (Wildman–Crippen LogP) is 3.49. The molecule has 0 amide bonds. The lowest BCUT2D eigenvalue weighted by atomic mass is 10.0. The Kier molecular flexibility index (Phi) is 3.95. The first-order valence-corrected chi connectivity index (χ1v) is 7.43. The van der Waals surface area contributed by atoms with E-state index in [1.165, 1.54) is 16.7 Å². The molecule has 0 spiro atoms. The molecule has 0 radical (unpaired) electrons. The van der Waals surface area contributed by atoms with Crippen molar-refractivity contribution in [3.63, 3.8) is 0 Å². The van der Waals surface area contributed by atoms with Crippen LogP contribution in [0.2, 0.25) is 0 Å². The van der Waals surface area contributed by atoms with Crippen LogP contribution in [0.15, 0.2) is 48.5 Å². The summed E-state index contributed by atoms with van der Waals surface area (Å²) in [5, 5.41) is 3.70. The average molecular weight is 282 g/mol. The van der Waals surface area contributed by atoms with Crippen molar-refractivity contribution in [1.29, 1.82) is 0 Å². The van der Waals surface area contributed by atoms with Crippen LogP contribution in [0.3, 0.4) is 0 Å². The number of methoxy groups -OCH3 is 1. The van der Waals surface area contributed by atoms with Crippen LogP contribution < -0.4 is 15.8 Å². The number of nitrogens with one attached hydrogen (secondary N) is 1. The first-order valence-electron chi connectivity index (χ1n) is 7.43. The second kappa shape index (κ2) is 5.88. The maximum Gasteiger partial charge on any atom is 0.119 e. The van der Waals surface area contributed by atoms with Gasteiger partial charge in [-0.15, -0.1) is 0 Å². The molecule has 3 atom stereocenters. The van der Waals surface area contributed by atoms with Crippen LogP contribution in [0.1, 0.15) is 48.2 Å². The average Bonchev–Trinajstić information content (AvgIpc) is 2.84. The van der Waals surface area contributed by atoms with E-state index in [-0.39, 0.29) is 12.1 Å². The van der Waals surface area contributed by atoms with Crippen molar-refractivity contribution in [3.05, 3.63) is 65.2 Å². The molecular weight excluding hydrogens is 260 g/mol. The van der Waals surface area contributed by atoms with Crippen molar-refractivity contribution in [2.45, 2.75) is 31.5 Å². The predicted molar refractivity (Wildman–Crippen MR) is 85.3 cm³/mol. The van der Waals surface area contributed by atoms with E-state index in [0.717, 1.165) is 12.2 Å². The van der Waals surface area contributed by atoms with Crippen LogP contribution >= 0.6 is 0 Å². The second-order valence-corrected chi connectivity index (χ2v) is 5.69. The largest absolute Gasteiger partial charge is 0.497 e. The highest BCUT2D eigenvalue weighted by Gasteiger charge is 2.29. The van der Waals surface area contributed by atoms with Gasteiger partial charge >= 0.3 is 0 Å². The topological polar surface area (TPSA) is 47.3 Å². The summed E-state index contributed by atoms with van der Waals surface area (Å²) < 4.78 is 5.30. The number of ether oxygens (including phenoxy) is 1. The number of nitrogens with two attached hydrogens (primary N) is 1. The molecule has 3 heteroatoms.